The van der Waals surface area contributed by atoms with Crippen LogP contribution in [0.1, 0.15) is 15.4 Å². The molecule has 0 aliphatic heterocycles. The number of ether oxygens (including phenoxy) is 1. The first-order chi connectivity index (χ1) is 13.2. The van der Waals surface area contributed by atoms with Crippen LogP contribution < -0.4 is 14.4 Å². The molecule has 0 saturated carbocycles. The summed E-state index contributed by atoms with van der Waals surface area (Å²) in [5.41, 5.74) is 1.17. The molecule has 0 aliphatic rings. The number of thiophene rings is 1. The van der Waals surface area contributed by atoms with Crippen molar-refractivity contribution in [2.45, 2.75) is 11.8 Å². The van der Waals surface area contributed by atoms with Gasteiger partial charge in [0.1, 0.15) is 26.2 Å². The largest absolute Gasteiger partial charge is 0.422 e. The molecule has 2 heterocycles. The van der Waals surface area contributed by atoms with Gasteiger partial charge in [-0.15, -0.1) is 11.3 Å². The molecule has 2 aromatic heterocycles. The van der Waals surface area contributed by atoms with E-state index in [-0.39, 0.29) is 20.7 Å². The van der Waals surface area contributed by atoms with E-state index in [1.54, 1.807) is 25.1 Å². The number of benzene rings is 1. The van der Waals surface area contributed by atoms with Crippen molar-refractivity contribution in [2.24, 2.45) is 0 Å². The molecule has 11 heteroatoms. The Balaban J connectivity index is 1.85. The summed E-state index contributed by atoms with van der Waals surface area (Å²) >= 11 is 6.90. The Morgan fingerprint density at radius 2 is 2.07 bits per heavy atom. The monoisotopic (exact) mass is 441 g/mol. The van der Waals surface area contributed by atoms with E-state index >= 15 is 0 Å². The molecule has 3 aromatic rings. The normalized spacial score (nSPS) is 11.3. The number of carbonyl (C=O) groups is 1. The average Bonchev–Trinajstić information content (AvgIpc) is 3.25. The first kappa shape index (κ1) is 20.2. The van der Waals surface area contributed by atoms with Crippen molar-refractivity contribution in [1.29, 1.82) is 0 Å². The number of aryl methyl sites for hydroxylation is 1. The fourth-order valence-electron chi connectivity index (χ4n) is 2.24. The zero-order valence-corrected chi connectivity index (χ0v) is 17.5. The minimum Gasteiger partial charge on any atom is -0.422 e. The van der Waals surface area contributed by atoms with Gasteiger partial charge in [0.05, 0.1) is 0 Å². The number of hydrogen-bond donors (Lipinski definition) is 1. The lowest BCUT2D eigenvalue weighted by Gasteiger charge is -2.13. The summed E-state index contributed by atoms with van der Waals surface area (Å²) in [7, 11) is -0.427. The van der Waals surface area contributed by atoms with Crippen LogP contribution >= 0.6 is 22.9 Å². The zero-order valence-electron chi connectivity index (χ0n) is 15.1. The maximum absolute atomic E-state index is 12.7. The average molecular weight is 442 g/mol. The summed E-state index contributed by atoms with van der Waals surface area (Å²) in [4.78, 5) is 14.1. The van der Waals surface area contributed by atoms with Gasteiger partial charge in [-0.25, -0.2) is 17.9 Å². The lowest BCUT2D eigenvalue weighted by atomic mass is 10.3. The van der Waals surface area contributed by atoms with E-state index < -0.39 is 16.0 Å². The van der Waals surface area contributed by atoms with Crippen LogP contribution in [0.5, 0.6) is 5.75 Å². The van der Waals surface area contributed by atoms with Crippen molar-refractivity contribution in [3.63, 3.8) is 0 Å². The molecule has 0 unspecified atom stereocenters. The molecule has 0 aliphatic carbocycles. The number of aromatic nitrogens is 1. The Hall–Kier alpha value is -2.56. The fourth-order valence-corrected chi connectivity index (χ4v) is 4.70. The smallest absolute Gasteiger partial charge is 0.355 e. The molecule has 8 nitrogen and oxygen atoms in total. The van der Waals surface area contributed by atoms with E-state index in [0.717, 1.165) is 17.0 Å². The van der Waals surface area contributed by atoms with E-state index in [2.05, 4.69) is 9.88 Å². The van der Waals surface area contributed by atoms with Crippen molar-refractivity contribution in [3.05, 3.63) is 51.3 Å². The number of nitrogens with zero attached hydrogens (tertiary/aromatic N) is 2. The molecule has 1 N–H and O–H groups in total. The van der Waals surface area contributed by atoms with Crippen molar-refractivity contribution in [1.82, 2.24) is 5.16 Å². The van der Waals surface area contributed by atoms with Gasteiger partial charge in [-0.1, -0.05) is 22.8 Å². The van der Waals surface area contributed by atoms with Crippen LogP contribution in [-0.4, -0.2) is 33.6 Å². The van der Waals surface area contributed by atoms with Gasteiger partial charge in [-0.05, 0) is 30.5 Å². The Morgan fingerprint density at radius 1 is 1.32 bits per heavy atom. The number of sulfonamides is 1. The molecule has 1 aromatic carbocycles. The van der Waals surface area contributed by atoms with Crippen molar-refractivity contribution in [3.8, 4) is 5.75 Å². The molecule has 0 atom stereocenters. The number of carbonyl (C=O) groups excluding carboxylic acids is 1. The number of halogens is 1. The molecular formula is C17H16ClN3O5S2. The lowest BCUT2D eigenvalue weighted by Crippen LogP contribution is -2.17. The standard InChI is InChI=1S/C17H16ClN3O5S2/c1-10-14(18)16(26-19-10)20-28(23,24)13-7-8-27-15(13)17(22)25-12-6-4-5-11(9-12)21(2)3/h4-9,20H,1-3H3. The molecule has 0 saturated heterocycles. The molecule has 3 rings (SSSR count). The third kappa shape index (κ3) is 4.13. The fraction of sp³-hybridized carbons (Fsp3) is 0.176. The maximum atomic E-state index is 12.7. The summed E-state index contributed by atoms with van der Waals surface area (Å²) in [6.07, 6.45) is 0. The third-order valence-electron chi connectivity index (χ3n) is 3.67. The summed E-state index contributed by atoms with van der Waals surface area (Å²) < 4.78 is 37.8. The molecule has 0 radical (unpaired) electrons. The van der Waals surface area contributed by atoms with Crippen LogP contribution in [0, 0.1) is 6.92 Å². The second kappa shape index (κ2) is 7.82. The maximum Gasteiger partial charge on any atom is 0.355 e. The quantitative estimate of drug-likeness (QED) is 0.458. The predicted octanol–water partition coefficient (Wildman–Crippen LogP) is 3.78. The van der Waals surface area contributed by atoms with Crippen LogP contribution in [-0.2, 0) is 10.0 Å². The summed E-state index contributed by atoms with van der Waals surface area (Å²) in [6.45, 7) is 1.57. The van der Waals surface area contributed by atoms with Gasteiger partial charge < -0.3 is 14.2 Å². The molecule has 28 heavy (non-hydrogen) atoms. The number of rotatable bonds is 6. The number of hydrogen-bond acceptors (Lipinski definition) is 8. The Kier molecular flexibility index (Phi) is 5.64. The Labute approximate surface area is 170 Å². The SMILES string of the molecule is Cc1noc(NS(=O)(=O)c2ccsc2C(=O)Oc2cccc(N(C)C)c2)c1Cl. The van der Waals surface area contributed by atoms with Crippen LogP contribution in [0.25, 0.3) is 0 Å². The van der Waals surface area contributed by atoms with Gasteiger partial charge >= 0.3 is 5.97 Å². The second-order valence-corrected chi connectivity index (χ2v) is 8.86. The third-order valence-corrected chi connectivity index (χ3v) is 6.51. The van der Waals surface area contributed by atoms with Gasteiger partial charge in [-0.2, -0.15) is 0 Å². The predicted molar refractivity (Wildman–Crippen MR) is 107 cm³/mol. The van der Waals surface area contributed by atoms with E-state index in [1.807, 2.05) is 25.1 Å². The topological polar surface area (TPSA) is 102 Å². The Morgan fingerprint density at radius 3 is 2.71 bits per heavy atom. The van der Waals surface area contributed by atoms with E-state index in [4.69, 9.17) is 20.9 Å². The highest BCUT2D eigenvalue weighted by Gasteiger charge is 2.28. The van der Waals surface area contributed by atoms with Crippen molar-refractivity contribution >= 4 is 50.5 Å². The summed E-state index contributed by atoms with van der Waals surface area (Å²) in [5.74, 6) is -0.704. The van der Waals surface area contributed by atoms with Crippen molar-refractivity contribution in [2.75, 3.05) is 23.7 Å². The van der Waals surface area contributed by atoms with Gasteiger partial charge in [0.25, 0.3) is 15.9 Å². The van der Waals surface area contributed by atoms with Gasteiger partial charge in [0.2, 0.25) is 0 Å². The van der Waals surface area contributed by atoms with Crippen LogP contribution in [0.2, 0.25) is 5.02 Å². The first-order valence-electron chi connectivity index (χ1n) is 7.90. The van der Waals surface area contributed by atoms with E-state index in [1.165, 1.54) is 11.4 Å². The van der Waals surface area contributed by atoms with Gasteiger partial charge in [-0.3, -0.25) is 0 Å². The number of esters is 1. The van der Waals surface area contributed by atoms with Crippen molar-refractivity contribution < 1.29 is 22.5 Å². The van der Waals surface area contributed by atoms with E-state index in [9.17, 15) is 13.2 Å². The zero-order chi connectivity index (χ0) is 20.5. The molecule has 0 amide bonds. The van der Waals surface area contributed by atoms with Gasteiger partial charge in [0.15, 0.2) is 0 Å². The number of nitrogens with one attached hydrogen (secondary N) is 1. The minimum atomic E-state index is -4.14. The van der Waals surface area contributed by atoms with Crippen LogP contribution in [0.4, 0.5) is 11.6 Å². The lowest BCUT2D eigenvalue weighted by molar-refractivity contribution is 0.0736. The Bertz CT molecular complexity index is 1120. The highest BCUT2D eigenvalue weighted by molar-refractivity contribution is 7.93. The second-order valence-electron chi connectivity index (χ2n) is 5.91. The minimum absolute atomic E-state index is 0.0448. The van der Waals surface area contributed by atoms with E-state index in [0.29, 0.717) is 11.4 Å². The highest BCUT2D eigenvalue weighted by Crippen LogP contribution is 2.30. The first-order valence-corrected chi connectivity index (χ1v) is 10.6. The molecule has 0 spiro atoms. The molecule has 0 fully saturated rings. The summed E-state index contributed by atoms with van der Waals surface area (Å²) in [6, 6.07) is 8.18. The number of anilines is 2. The highest BCUT2D eigenvalue weighted by atomic mass is 35.5. The molecular weight excluding hydrogens is 426 g/mol. The molecule has 148 valence electrons. The molecule has 0 bridgehead atoms. The van der Waals surface area contributed by atoms with Crippen LogP contribution in [0.15, 0.2) is 45.1 Å². The van der Waals surface area contributed by atoms with Gasteiger partial charge in [0, 0.05) is 25.8 Å². The van der Waals surface area contributed by atoms with Crippen LogP contribution in [0.3, 0.4) is 0 Å². The summed E-state index contributed by atoms with van der Waals surface area (Å²) in [5, 5.41) is 5.12.